The highest BCUT2D eigenvalue weighted by molar-refractivity contribution is 7.80. The Hall–Kier alpha value is -3.23. The van der Waals surface area contributed by atoms with Gasteiger partial charge in [0.25, 0.3) is 0 Å². The quantitative estimate of drug-likeness (QED) is 0.481. The molecule has 0 saturated carbocycles. The highest BCUT2D eigenvalue weighted by Gasteiger charge is 2.01. The van der Waals surface area contributed by atoms with E-state index in [1.54, 1.807) is 18.5 Å². The van der Waals surface area contributed by atoms with E-state index in [2.05, 4.69) is 15.0 Å². The molecule has 0 saturated heterocycles. The number of carbonyl (C=O) groups is 1. The largest absolute Gasteiger partial charge is 0.478 e. The molecule has 170 valence electrons. The number of thiocarbonyl (C=S) groups is 1. The lowest BCUT2D eigenvalue weighted by molar-refractivity contribution is 0.0696. The van der Waals surface area contributed by atoms with Crippen molar-refractivity contribution < 1.29 is 15.0 Å². The Balaban J connectivity index is 0.000000240. The lowest BCUT2D eigenvalue weighted by Crippen LogP contribution is -2.09. The average Bonchev–Trinajstić information content (AvgIpc) is 2.84. The summed E-state index contributed by atoms with van der Waals surface area (Å²) in [6.45, 7) is 6.14. The smallest absolute Gasteiger partial charge is 0.335 e. The number of aromatic carboxylic acids is 1. The Morgan fingerprint density at radius 1 is 0.844 bits per heavy atom. The first-order valence-electron chi connectivity index (χ1n) is 10.3. The Morgan fingerprint density at radius 3 is 1.72 bits per heavy atom. The second-order valence-corrected chi connectivity index (χ2v) is 7.06. The first kappa shape index (κ1) is 26.8. The molecular formula is C24H30N4O3S. The third-order valence-corrected chi connectivity index (χ3v) is 4.55. The number of aliphatic hydroxyl groups excluding tert-OH is 1. The summed E-state index contributed by atoms with van der Waals surface area (Å²) in [5.74, 6) is -0.901. The molecule has 0 bridgehead atoms. The molecule has 0 aliphatic heterocycles. The van der Waals surface area contributed by atoms with Crippen molar-refractivity contribution in [3.63, 3.8) is 0 Å². The van der Waals surface area contributed by atoms with Gasteiger partial charge in [-0.05, 0) is 61.2 Å². The number of carboxylic acid groups (broad SMARTS) is 1. The minimum atomic E-state index is -0.901. The molecule has 0 spiro atoms. The maximum Gasteiger partial charge on any atom is 0.335 e. The summed E-state index contributed by atoms with van der Waals surface area (Å²) >= 11 is 4.82. The van der Waals surface area contributed by atoms with Gasteiger partial charge in [0.1, 0.15) is 4.99 Å². The molecule has 8 heteroatoms. The predicted octanol–water partition coefficient (Wildman–Crippen LogP) is 3.76. The molecule has 0 aliphatic rings. The number of hydrogen-bond donors (Lipinski definition) is 3. The fourth-order valence-corrected chi connectivity index (χ4v) is 2.58. The fourth-order valence-electron chi connectivity index (χ4n) is 2.45. The third kappa shape index (κ3) is 9.72. The molecule has 0 unspecified atom stereocenters. The summed E-state index contributed by atoms with van der Waals surface area (Å²) in [5, 5.41) is 17.3. The van der Waals surface area contributed by atoms with Crippen molar-refractivity contribution in [2.24, 2.45) is 5.73 Å². The van der Waals surface area contributed by atoms with E-state index in [0.717, 1.165) is 47.5 Å². The predicted molar refractivity (Wildman–Crippen MR) is 130 cm³/mol. The van der Waals surface area contributed by atoms with E-state index in [9.17, 15) is 4.79 Å². The molecule has 0 amide bonds. The summed E-state index contributed by atoms with van der Waals surface area (Å²) in [6.07, 6.45) is 7.57. The molecule has 0 aliphatic carbocycles. The summed E-state index contributed by atoms with van der Waals surface area (Å²) in [4.78, 5) is 23.1. The number of pyridine rings is 3. The summed E-state index contributed by atoms with van der Waals surface area (Å²) in [6, 6.07) is 10.5. The van der Waals surface area contributed by atoms with Crippen LogP contribution in [-0.2, 0) is 25.9 Å². The van der Waals surface area contributed by atoms with E-state index < -0.39 is 5.97 Å². The second kappa shape index (κ2) is 14.7. The van der Waals surface area contributed by atoms with Crippen molar-refractivity contribution in [3.05, 3.63) is 88.8 Å². The van der Waals surface area contributed by atoms with Gasteiger partial charge in [-0.1, -0.05) is 33.0 Å². The van der Waals surface area contributed by atoms with Crippen LogP contribution in [-0.4, -0.2) is 36.1 Å². The maximum absolute atomic E-state index is 10.4. The zero-order chi connectivity index (χ0) is 23.9. The van der Waals surface area contributed by atoms with E-state index in [4.69, 9.17) is 28.2 Å². The van der Waals surface area contributed by atoms with Crippen molar-refractivity contribution in [3.8, 4) is 0 Å². The Kier molecular flexibility index (Phi) is 12.3. The summed E-state index contributed by atoms with van der Waals surface area (Å²) < 4.78 is 0. The van der Waals surface area contributed by atoms with Crippen molar-refractivity contribution in [1.29, 1.82) is 0 Å². The molecule has 3 rings (SSSR count). The van der Waals surface area contributed by atoms with Gasteiger partial charge in [-0.3, -0.25) is 15.0 Å². The van der Waals surface area contributed by atoms with E-state index in [1.807, 2.05) is 45.0 Å². The van der Waals surface area contributed by atoms with Gasteiger partial charge in [0.15, 0.2) is 0 Å². The van der Waals surface area contributed by atoms with Gasteiger partial charge in [-0.25, -0.2) is 4.79 Å². The number of aryl methyl sites for hydroxylation is 3. The van der Waals surface area contributed by atoms with Crippen LogP contribution < -0.4 is 5.73 Å². The zero-order valence-corrected chi connectivity index (χ0v) is 19.5. The van der Waals surface area contributed by atoms with Crippen molar-refractivity contribution in [1.82, 2.24) is 15.0 Å². The fraction of sp³-hybridized carbons (Fsp3) is 0.292. The van der Waals surface area contributed by atoms with Gasteiger partial charge in [0, 0.05) is 41.2 Å². The number of nitrogens with two attached hydrogens (primary N) is 1. The van der Waals surface area contributed by atoms with Crippen LogP contribution in [0.2, 0.25) is 0 Å². The van der Waals surface area contributed by atoms with Gasteiger partial charge in [0.05, 0.1) is 12.2 Å². The Morgan fingerprint density at radius 2 is 1.28 bits per heavy atom. The number of nitrogens with zero attached hydrogens (tertiary/aromatic N) is 3. The van der Waals surface area contributed by atoms with Crippen LogP contribution in [0, 0.1) is 0 Å². The van der Waals surface area contributed by atoms with Crippen LogP contribution in [0.25, 0.3) is 0 Å². The highest BCUT2D eigenvalue weighted by atomic mass is 32.1. The number of rotatable bonds is 6. The molecule has 32 heavy (non-hydrogen) atoms. The molecule has 0 atom stereocenters. The molecular weight excluding hydrogens is 424 g/mol. The Labute approximate surface area is 194 Å². The molecule has 7 nitrogen and oxygen atoms in total. The molecule has 3 aromatic rings. The lowest BCUT2D eigenvalue weighted by Gasteiger charge is -1.99. The minimum absolute atomic E-state index is 0.107. The number of hydrogen-bond acceptors (Lipinski definition) is 6. The number of carboxylic acids is 1. The van der Waals surface area contributed by atoms with Crippen LogP contribution in [0.15, 0.2) is 55.0 Å². The molecule has 0 aromatic carbocycles. The van der Waals surface area contributed by atoms with Crippen molar-refractivity contribution in [2.75, 3.05) is 0 Å². The monoisotopic (exact) mass is 454 g/mol. The molecule has 0 radical (unpaired) electrons. The van der Waals surface area contributed by atoms with E-state index in [-0.39, 0.29) is 6.61 Å². The van der Waals surface area contributed by atoms with Crippen LogP contribution >= 0.6 is 12.2 Å². The molecule has 3 heterocycles. The van der Waals surface area contributed by atoms with E-state index in [0.29, 0.717) is 10.6 Å². The van der Waals surface area contributed by atoms with Crippen molar-refractivity contribution >= 4 is 23.2 Å². The van der Waals surface area contributed by atoms with E-state index in [1.165, 1.54) is 12.3 Å². The molecule has 4 N–H and O–H groups in total. The van der Waals surface area contributed by atoms with Crippen molar-refractivity contribution in [2.45, 2.75) is 46.6 Å². The van der Waals surface area contributed by atoms with Crippen LogP contribution in [0.3, 0.4) is 0 Å². The number of aliphatic hydroxyl groups is 1. The first-order chi connectivity index (χ1) is 15.3. The number of aromatic nitrogens is 3. The highest BCUT2D eigenvalue weighted by Crippen LogP contribution is 2.03. The topological polar surface area (TPSA) is 122 Å². The van der Waals surface area contributed by atoms with Gasteiger partial charge < -0.3 is 15.9 Å². The maximum atomic E-state index is 10.4. The first-order valence-corrected chi connectivity index (χ1v) is 10.7. The lowest BCUT2D eigenvalue weighted by atomic mass is 10.2. The van der Waals surface area contributed by atoms with Crippen LogP contribution in [0.5, 0.6) is 0 Å². The SMILES string of the molecule is CCc1cc(C(=O)O)ccn1.CCc1cc(C(N)=S)ccn1.CCc1cc(CO)ccn1. The van der Waals surface area contributed by atoms with Gasteiger partial charge in [-0.2, -0.15) is 0 Å². The molecule has 3 aromatic heterocycles. The van der Waals surface area contributed by atoms with E-state index >= 15 is 0 Å². The van der Waals surface area contributed by atoms with Gasteiger partial charge >= 0.3 is 5.97 Å². The summed E-state index contributed by atoms with van der Waals surface area (Å²) in [7, 11) is 0. The summed E-state index contributed by atoms with van der Waals surface area (Å²) in [5.41, 5.74) is 10.4. The third-order valence-electron chi connectivity index (χ3n) is 4.31. The normalized spacial score (nSPS) is 9.62. The second-order valence-electron chi connectivity index (χ2n) is 6.62. The molecule has 0 fully saturated rings. The average molecular weight is 455 g/mol. The minimum Gasteiger partial charge on any atom is -0.478 e. The van der Waals surface area contributed by atoms with Gasteiger partial charge in [-0.15, -0.1) is 0 Å². The standard InChI is InChI=1S/C8H10N2S.C8H9NO2.C8H11NO/c1-2-7-5-6(8(9)11)3-4-10-7;1-2-7-5-6(8(10)11)3-4-9-7;1-2-8-5-7(6-10)3-4-9-8/h3-5H,2H2,1H3,(H2,9,11);3-5H,2H2,1H3,(H,10,11);3-5,10H,2,6H2,1H3. The zero-order valence-electron chi connectivity index (χ0n) is 18.7. The van der Waals surface area contributed by atoms with Crippen LogP contribution in [0.1, 0.15) is 59.3 Å². The Bertz CT molecular complexity index is 935. The van der Waals surface area contributed by atoms with Gasteiger partial charge in [0.2, 0.25) is 0 Å². The van der Waals surface area contributed by atoms with Crippen LogP contribution in [0.4, 0.5) is 0 Å².